The van der Waals surface area contributed by atoms with E-state index in [2.05, 4.69) is 4.99 Å². The lowest BCUT2D eigenvalue weighted by atomic mass is 10.0. The van der Waals surface area contributed by atoms with Crippen molar-refractivity contribution in [1.82, 2.24) is 0 Å². The van der Waals surface area contributed by atoms with Crippen molar-refractivity contribution in [2.75, 3.05) is 13.2 Å². The van der Waals surface area contributed by atoms with E-state index in [1.807, 2.05) is 0 Å². The van der Waals surface area contributed by atoms with Gasteiger partial charge in [-0.1, -0.05) is 0 Å². The Hall–Kier alpha value is -2.56. The molecular weight excluding hydrogens is 288 g/mol. The highest BCUT2D eigenvalue weighted by molar-refractivity contribution is 6.13. The first-order valence-corrected chi connectivity index (χ1v) is 6.82. The lowest BCUT2D eigenvalue weighted by molar-refractivity contribution is -0.141. The van der Waals surface area contributed by atoms with Crippen LogP contribution in [0.25, 0.3) is 0 Å². The molecular formula is C17H15F2NO2. The average molecular weight is 303 g/mol. The molecule has 0 atom stereocenters. The van der Waals surface area contributed by atoms with Crippen LogP contribution in [-0.4, -0.2) is 24.8 Å². The van der Waals surface area contributed by atoms with Gasteiger partial charge in [0.1, 0.15) is 18.2 Å². The van der Waals surface area contributed by atoms with Gasteiger partial charge in [-0.2, -0.15) is 0 Å². The van der Waals surface area contributed by atoms with Gasteiger partial charge in [0.05, 0.1) is 12.3 Å². The van der Waals surface area contributed by atoms with Crippen LogP contribution in [0.5, 0.6) is 0 Å². The predicted octanol–water partition coefficient (Wildman–Crippen LogP) is 3.37. The summed E-state index contributed by atoms with van der Waals surface area (Å²) in [5.74, 6) is -1.19. The van der Waals surface area contributed by atoms with Gasteiger partial charge in [-0.3, -0.25) is 9.79 Å². The molecule has 22 heavy (non-hydrogen) atoms. The Balaban J connectivity index is 2.35. The van der Waals surface area contributed by atoms with E-state index in [1.54, 1.807) is 31.2 Å². The molecule has 0 saturated carbocycles. The Morgan fingerprint density at radius 3 is 1.82 bits per heavy atom. The summed E-state index contributed by atoms with van der Waals surface area (Å²) in [6.45, 7) is 1.83. The average Bonchev–Trinajstić information content (AvgIpc) is 2.51. The van der Waals surface area contributed by atoms with Gasteiger partial charge in [0, 0.05) is 11.1 Å². The van der Waals surface area contributed by atoms with E-state index >= 15 is 0 Å². The van der Waals surface area contributed by atoms with Crippen molar-refractivity contribution in [2.45, 2.75) is 6.92 Å². The molecule has 2 aromatic rings. The van der Waals surface area contributed by atoms with Crippen LogP contribution >= 0.6 is 0 Å². The molecule has 2 aromatic carbocycles. The van der Waals surface area contributed by atoms with Crippen molar-refractivity contribution in [2.24, 2.45) is 4.99 Å². The molecule has 0 N–H and O–H groups in total. The summed E-state index contributed by atoms with van der Waals surface area (Å²) >= 11 is 0. The van der Waals surface area contributed by atoms with Crippen molar-refractivity contribution in [3.05, 3.63) is 71.3 Å². The first kappa shape index (κ1) is 15.8. The van der Waals surface area contributed by atoms with Crippen molar-refractivity contribution in [1.29, 1.82) is 0 Å². The predicted molar refractivity (Wildman–Crippen MR) is 79.9 cm³/mol. The van der Waals surface area contributed by atoms with E-state index in [0.29, 0.717) is 16.8 Å². The van der Waals surface area contributed by atoms with Gasteiger partial charge in [-0.25, -0.2) is 8.78 Å². The van der Waals surface area contributed by atoms with Gasteiger partial charge in [0.2, 0.25) is 0 Å². The molecule has 0 aromatic heterocycles. The molecule has 0 unspecified atom stereocenters. The van der Waals surface area contributed by atoms with Crippen LogP contribution in [0.1, 0.15) is 18.1 Å². The molecule has 3 nitrogen and oxygen atoms in total. The second kappa shape index (κ2) is 7.45. The van der Waals surface area contributed by atoms with Crippen LogP contribution in [-0.2, 0) is 9.53 Å². The molecule has 0 bridgehead atoms. The number of halogens is 2. The van der Waals surface area contributed by atoms with Crippen LogP contribution in [0.4, 0.5) is 8.78 Å². The Kier molecular flexibility index (Phi) is 5.36. The van der Waals surface area contributed by atoms with Crippen molar-refractivity contribution >= 4 is 11.7 Å². The highest BCUT2D eigenvalue weighted by atomic mass is 19.1. The van der Waals surface area contributed by atoms with E-state index in [1.165, 1.54) is 24.3 Å². The smallest absolute Gasteiger partial charge is 0.327 e. The molecule has 5 heteroatoms. The minimum Gasteiger partial charge on any atom is -0.465 e. The first-order valence-electron chi connectivity index (χ1n) is 6.82. The van der Waals surface area contributed by atoms with Crippen molar-refractivity contribution in [3.8, 4) is 0 Å². The van der Waals surface area contributed by atoms with Gasteiger partial charge in [-0.15, -0.1) is 0 Å². The number of hydrogen-bond acceptors (Lipinski definition) is 3. The minimum absolute atomic E-state index is 0.155. The number of hydrogen-bond donors (Lipinski definition) is 0. The number of ether oxygens (including phenoxy) is 1. The number of carbonyl (C=O) groups excluding carboxylic acids is 1. The normalized spacial score (nSPS) is 10.1. The van der Waals surface area contributed by atoms with Crippen LogP contribution in [0.3, 0.4) is 0 Å². The van der Waals surface area contributed by atoms with Gasteiger partial charge < -0.3 is 4.74 Å². The Morgan fingerprint density at radius 1 is 0.955 bits per heavy atom. The van der Waals surface area contributed by atoms with Gasteiger partial charge in [-0.05, 0) is 55.5 Å². The van der Waals surface area contributed by atoms with E-state index in [9.17, 15) is 13.6 Å². The van der Waals surface area contributed by atoms with Crippen molar-refractivity contribution in [3.63, 3.8) is 0 Å². The van der Waals surface area contributed by atoms with Crippen LogP contribution in [0, 0.1) is 11.6 Å². The number of rotatable bonds is 5. The van der Waals surface area contributed by atoms with E-state index in [0.717, 1.165) is 0 Å². The number of nitrogens with zero attached hydrogens (tertiary/aromatic N) is 1. The quantitative estimate of drug-likeness (QED) is 0.627. The zero-order valence-electron chi connectivity index (χ0n) is 12.1. The van der Waals surface area contributed by atoms with Gasteiger partial charge in [0.25, 0.3) is 0 Å². The molecule has 0 saturated heterocycles. The maximum absolute atomic E-state index is 13.1. The summed E-state index contributed by atoms with van der Waals surface area (Å²) in [5, 5.41) is 0. The fourth-order valence-corrected chi connectivity index (χ4v) is 1.91. The Labute approximate surface area is 127 Å². The fourth-order valence-electron chi connectivity index (χ4n) is 1.91. The highest BCUT2D eigenvalue weighted by Crippen LogP contribution is 2.13. The molecule has 0 amide bonds. The second-order valence-electron chi connectivity index (χ2n) is 4.48. The summed E-state index contributed by atoms with van der Waals surface area (Å²) in [5.41, 5.74) is 1.75. The SMILES string of the molecule is CCOC(=O)CN=C(c1ccc(F)cc1)c1ccc(F)cc1. The number of carbonyl (C=O) groups is 1. The summed E-state index contributed by atoms with van der Waals surface area (Å²) in [6.07, 6.45) is 0. The molecule has 0 radical (unpaired) electrons. The number of benzene rings is 2. The Bertz CT molecular complexity index is 617. The minimum atomic E-state index is -0.454. The summed E-state index contributed by atoms with van der Waals surface area (Å²) in [6, 6.07) is 11.5. The maximum atomic E-state index is 13.1. The molecule has 0 spiro atoms. The van der Waals surface area contributed by atoms with Gasteiger partial charge in [0.15, 0.2) is 0 Å². The van der Waals surface area contributed by atoms with Crippen molar-refractivity contribution < 1.29 is 18.3 Å². The van der Waals surface area contributed by atoms with Crippen LogP contribution < -0.4 is 0 Å². The zero-order chi connectivity index (χ0) is 15.9. The molecule has 114 valence electrons. The molecule has 0 aliphatic heterocycles. The third-order valence-electron chi connectivity index (χ3n) is 2.91. The Morgan fingerprint density at radius 2 is 1.41 bits per heavy atom. The molecule has 0 aliphatic carbocycles. The van der Waals surface area contributed by atoms with E-state index in [4.69, 9.17) is 4.74 Å². The van der Waals surface area contributed by atoms with Crippen LogP contribution in [0.15, 0.2) is 53.5 Å². The second-order valence-corrected chi connectivity index (χ2v) is 4.48. The monoisotopic (exact) mass is 303 g/mol. The lowest BCUT2D eigenvalue weighted by Crippen LogP contribution is -2.12. The molecule has 0 heterocycles. The maximum Gasteiger partial charge on any atom is 0.327 e. The molecule has 0 aliphatic rings. The standard InChI is InChI=1S/C17H15F2NO2/c1-2-22-16(21)11-20-17(12-3-7-14(18)8-4-12)13-5-9-15(19)10-6-13/h3-10H,2,11H2,1H3. The summed E-state index contributed by atoms with van der Waals surface area (Å²) in [7, 11) is 0. The highest BCUT2D eigenvalue weighted by Gasteiger charge is 2.09. The third kappa shape index (κ3) is 4.22. The third-order valence-corrected chi connectivity index (χ3v) is 2.91. The number of aliphatic imine (C=N–C) groups is 1. The summed E-state index contributed by atoms with van der Waals surface area (Å²) < 4.78 is 30.9. The summed E-state index contributed by atoms with van der Waals surface area (Å²) in [4.78, 5) is 15.7. The zero-order valence-corrected chi connectivity index (χ0v) is 12.1. The van der Waals surface area contributed by atoms with E-state index in [-0.39, 0.29) is 24.8 Å². The number of esters is 1. The molecule has 2 rings (SSSR count). The van der Waals surface area contributed by atoms with E-state index < -0.39 is 5.97 Å². The topological polar surface area (TPSA) is 38.7 Å². The largest absolute Gasteiger partial charge is 0.465 e. The first-order chi connectivity index (χ1) is 10.6. The van der Waals surface area contributed by atoms with Crippen LogP contribution in [0.2, 0.25) is 0 Å². The van der Waals surface area contributed by atoms with Gasteiger partial charge >= 0.3 is 5.97 Å². The molecule has 0 fully saturated rings. The fraction of sp³-hybridized carbons (Fsp3) is 0.176. The lowest BCUT2D eigenvalue weighted by Gasteiger charge is -2.08.